The third-order valence-electron chi connectivity index (χ3n) is 3.52. The van der Waals surface area contributed by atoms with E-state index in [1.165, 1.54) is 0 Å². The van der Waals surface area contributed by atoms with E-state index in [0.29, 0.717) is 6.04 Å². The first-order valence-corrected chi connectivity index (χ1v) is 7.66. The molecule has 2 heterocycles. The molecule has 2 atom stereocenters. The van der Waals surface area contributed by atoms with Crippen LogP contribution in [0.15, 0.2) is 17.5 Å². The predicted octanol–water partition coefficient (Wildman–Crippen LogP) is 2.05. The standard InChI is InChI=1S/C13H17N5OS/c1-8(11-4-3-7-20-11)13(19)14-9(2)12-15-16-17-18(12)10-5-6-10/h3-4,7-10H,5-6H2,1-2H3,(H,14,19). The van der Waals surface area contributed by atoms with Crippen LogP contribution in [0.5, 0.6) is 0 Å². The smallest absolute Gasteiger partial charge is 0.228 e. The second kappa shape index (κ2) is 5.32. The van der Waals surface area contributed by atoms with Crippen molar-refractivity contribution in [2.75, 3.05) is 0 Å². The molecule has 1 aliphatic rings. The van der Waals surface area contributed by atoms with Gasteiger partial charge in [-0.05, 0) is 48.6 Å². The second-order valence-corrected chi connectivity index (χ2v) is 6.16. The van der Waals surface area contributed by atoms with Crippen molar-refractivity contribution in [2.24, 2.45) is 0 Å². The number of nitrogens with zero attached hydrogens (tertiary/aromatic N) is 4. The zero-order valence-electron chi connectivity index (χ0n) is 11.5. The molecule has 0 spiro atoms. The minimum atomic E-state index is -0.180. The van der Waals surface area contributed by atoms with E-state index in [-0.39, 0.29) is 17.9 Å². The summed E-state index contributed by atoms with van der Waals surface area (Å²) in [6.45, 7) is 3.83. The maximum Gasteiger partial charge on any atom is 0.228 e. The largest absolute Gasteiger partial charge is 0.346 e. The van der Waals surface area contributed by atoms with Gasteiger partial charge in [-0.1, -0.05) is 6.07 Å². The molecule has 1 amide bonds. The fourth-order valence-electron chi connectivity index (χ4n) is 2.13. The van der Waals surface area contributed by atoms with Crippen LogP contribution in [0.3, 0.4) is 0 Å². The lowest BCUT2D eigenvalue weighted by atomic mass is 10.1. The first kappa shape index (κ1) is 13.2. The molecule has 0 radical (unpaired) electrons. The minimum absolute atomic E-state index is 0.00490. The van der Waals surface area contributed by atoms with Crippen molar-refractivity contribution in [3.05, 3.63) is 28.2 Å². The average Bonchev–Trinajstić information content (AvgIpc) is 2.97. The van der Waals surface area contributed by atoms with Crippen molar-refractivity contribution in [2.45, 2.75) is 44.7 Å². The number of carbonyl (C=O) groups is 1. The zero-order valence-corrected chi connectivity index (χ0v) is 12.3. The van der Waals surface area contributed by atoms with Crippen LogP contribution in [0.25, 0.3) is 0 Å². The summed E-state index contributed by atoms with van der Waals surface area (Å²) in [4.78, 5) is 13.3. The van der Waals surface area contributed by atoms with Crippen LogP contribution in [0.2, 0.25) is 0 Å². The van der Waals surface area contributed by atoms with Gasteiger partial charge in [-0.15, -0.1) is 16.4 Å². The molecule has 1 saturated carbocycles. The Hall–Kier alpha value is -1.76. The van der Waals surface area contributed by atoms with Crippen LogP contribution < -0.4 is 5.32 Å². The number of carbonyl (C=O) groups excluding carboxylic acids is 1. The van der Waals surface area contributed by atoms with E-state index < -0.39 is 0 Å². The van der Waals surface area contributed by atoms with Crippen molar-refractivity contribution < 1.29 is 4.79 Å². The summed E-state index contributed by atoms with van der Waals surface area (Å²) in [5, 5.41) is 16.8. The summed E-state index contributed by atoms with van der Waals surface area (Å²) >= 11 is 1.60. The number of hydrogen-bond acceptors (Lipinski definition) is 5. The number of nitrogens with one attached hydrogen (secondary N) is 1. The molecule has 1 aliphatic carbocycles. The van der Waals surface area contributed by atoms with Gasteiger partial charge in [0.1, 0.15) is 0 Å². The topological polar surface area (TPSA) is 72.7 Å². The number of hydrogen-bond donors (Lipinski definition) is 1. The lowest BCUT2D eigenvalue weighted by Crippen LogP contribution is -2.31. The number of aromatic nitrogens is 4. The van der Waals surface area contributed by atoms with Crippen molar-refractivity contribution in [3.63, 3.8) is 0 Å². The van der Waals surface area contributed by atoms with Gasteiger partial charge in [-0.3, -0.25) is 4.79 Å². The van der Waals surface area contributed by atoms with E-state index >= 15 is 0 Å². The number of tetrazole rings is 1. The van der Waals surface area contributed by atoms with Crippen LogP contribution >= 0.6 is 11.3 Å². The number of rotatable bonds is 5. The summed E-state index contributed by atoms with van der Waals surface area (Å²) in [6.07, 6.45) is 2.23. The summed E-state index contributed by atoms with van der Waals surface area (Å²) < 4.78 is 1.83. The van der Waals surface area contributed by atoms with Crippen molar-refractivity contribution in [3.8, 4) is 0 Å². The molecule has 2 unspecified atom stereocenters. The average molecular weight is 291 g/mol. The van der Waals surface area contributed by atoms with E-state index in [0.717, 1.165) is 23.5 Å². The van der Waals surface area contributed by atoms with E-state index in [1.54, 1.807) is 11.3 Å². The molecule has 0 bridgehead atoms. The summed E-state index contributed by atoms with van der Waals surface area (Å²) in [5.41, 5.74) is 0. The molecule has 2 aromatic heterocycles. The Morgan fingerprint density at radius 3 is 2.95 bits per heavy atom. The first-order valence-electron chi connectivity index (χ1n) is 6.78. The van der Waals surface area contributed by atoms with Crippen LogP contribution in [-0.2, 0) is 4.79 Å². The van der Waals surface area contributed by atoms with Gasteiger partial charge in [0.05, 0.1) is 18.0 Å². The Labute approximate surface area is 121 Å². The number of thiophene rings is 1. The van der Waals surface area contributed by atoms with E-state index in [9.17, 15) is 4.79 Å². The summed E-state index contributed by atoms with van der Waals surface area (Å²) in [7, 11) is 0. The summed E-state index contributed by atoms with van der Waals surface area (Å²) in [5.74, 6) is 0.590. The van der Waals surface area contributed by atoms with Crippen LogP contribution in [0.1, 0.15) is 55.4 Å². The maximum absolute atomic E-state index is 12.3. The highest BCUT2D eigenvalue weighted by Crippen LogP contribution is 2.35. The Bertz CT molecular complexity index is 590. The molecule has 1 N–H and O–H groups in total. The fraction of sp³-hybridized carbons (Fsp3) is 0.538. The molecule has 20 heavy (non-hydrogen) atoms. The Morgan fingerprint density at radius 1 is 1.50 bits per heavy atom. The van der Waals surface area contributed by atoms with Crippen LogP contribution in [0.4, 0.5) is 0 Å². The monoisotopic (exact) mass is 291 g/mol. The summed E-state index contributed by atoms with van der Waals surface area (Å²) in [6, 6.07) is 4.17. The van der Waals surface area contributed by atoms with Gasteiger partial charge >= 0.3 is 0 Å². The molecule has 0 aliphatic heterocycles. The van der Waals surface area contributed by atoms with E-state index in [2.05, 4.69) is 20.8 Å². The van der Waals surface area contributed by atoms with Gasteiger partial charge in [0.25, 0.3) is 0 Å². The van der Waals surface area contributed by atoms with Crippen molar-refractivity contribution >= 4 is 17.2 Å². The third kappa shape index (κ3) is 2.58. The van der Waals surface area contributed by atoms with E-state index in [4.69, 9.17) is 0 Å². The molecule has 0 saturated heterocycles. The quantitative estimate of drug-likeness (QED) is 0.915. The highest BCUT2D eigenvalue weighted by atomic mass is 32.1. The molecule has 7 heteroatoms. The Morgan fingerprint density at radius 2 is 2.30 bits per heavy atom. The van der Waals surface area contributed by atoms with Gasteiger partial charge < -0.3 is 5.32 Å². The highest BCUT2D eigenvalue weighted by molar-refractivity contribution is 7.10. The molecule has 3 rings (SSSR count). The molecule has 1 fully saturated rings. The molecule has 0 aromatic carbocycles. The molecular formula is C13H17N5OS. The number of amides is 1. The Balaban J connectivity index is 1.67. The van der Waals surface area contributed by atoms with E-state index in [1.807, 2.05) is 36.0 Å². The molecule has 106 valence electrons. The van der Waals surface area contributed by atoms with Crippen molar-refractivity contribution in [1.82, 2.24) is 25.5 Å². The van der Waals surface area contributed by atoms with Crippen LogP contribution in [-0.4, -0.2) is 26.1 Å². The normalized spacial score (nSPS) is 17.7. The molecule has 2 aromatic rings. The lowest BCUT2D eigenvalue weighted by molar-refractivity contribution is -0.122. The molecule has 6 nitrogen and oxygen atoms in total. The van der Waals surface area contributed by atoms with Gasteiger partial charge in [0, 0.05) is 4.88 Å². The van der Waals surface area contributed by atoms with Gasteiger partial charge in [-0.2, -0.15) is 0 Å². The predicted molar refractivity (Wildman–Crippen MR) is 75.4 cm³/mol. The first-order chi connectivity index (χ1) is 9.66. The van der Waals surface area contributed by atoms with Gasteiger partial charge in [0.15, 0.2) is 5.82 Å². The van der Waals surface area contributed by atoms with Crippen molar-refractivity contribution in [1.29, 1.82) is 0 Å². The van der Waals surface area contributed by atoms with Crippen LogP contribution in [0, 0.1) is 0 Å². The van der Waals surface area contributed by atoms with Gasteiger partial charge in [0.2, 0.25) is 5.91 Å². The Kier molecular flexibility index (Phi) is 3.52. The lowest BCUT2D eigenvalue weighted by Gasteiger charge is -2.16. The second-order valence-electron chi connectivity index (χ2n) is 5.18. The third-order valence-corrected chi connectivity index (χ3v) is 4.58. The van der Waals surface area contributed by atoms with Gasteiger partial charge in [-0.25, -0.2) is 4.68 Å². The molecular weight excluding hydrogens is 274 g/mol. The highest BCUT2D eigenvalue weighted by Gasteiger charge is 2.30. The SMILES string of the molecule is CC(NC(=O)C(C)c1cccs1)c1nnnn1C1CC1. The fourth-order valence-corrected chi connectivity index (χ4v) is 2.92. The zero-order chi connectivity index (χ0) is 14.1. The minimum Gasteiger partial charge on any atom is -0.346 e. The maximum atomic E-state index is 12.3.